The molecule has 2 aliphatic rings. The molecule has 1 saturated heterocycles. The number of aliphatic imine (C=N–C) groups is 1. The first-order valence-electron chi connectivity index (χ1n) is 9.11. The zero-order valence-corrected chi connectivity index (χ0v) is 16.0. The summed E-state index contributed by atoms with van der Waals surface area (Å²) in [7, 11) is 0. The minimum absolute atomic E-state index is 0.0177. The number of anilines is 1. The Kier molecular flexibility index (Phi) is 5.70. The summed E-state index contributed by atoms with van der Waals surface area (Å²) < 4.78 is 0. The number of amides is 2. The lowest BCUT2D eigenvalue weighted by atomic mass is 10.1. The molecule has 2 atom stereocenters. The van der Waals surface area contributed by atoms with E-state index >= 15 is 0 Å². The van der Waals surface area contributed by atoms with Crippen LogP contribution in [0.4, 0.5) is 5.69 Å². The van der Waals surface area contributed by atoms with Crippen LogP contribution in [0.15, 0.2) is 65.7 Å². The number of nitrogens with zero attached hydrogens (tertiary/aromatic N) is 2. The van der Waals surface area contributed by atoms with Gasteiger partial charge in [-0.15, -0.1) is 0 Å². The van der Waals surface area contributed by atoms with Gasteiger partial charge in [0.25, 0.3) is 0 Å². The summed E-state index contributed by atoms with van der Waals surface area (Å²) in [6.45, 7) is 1.01. The lowest BCUT2D eigenvalue weighted by molar-refractivity contribution is -0.121. The molecule has 8 heteroatoms. The Balaban J connectivity index is 1.44. The molecule has 2 aromatic carbocycles. The maximum Gasteiger partial charge on any atom is 0.241 e. The van der Waals surface area contributed by atoms with Crippen LogP contribution in [0.25, 0.3) is 0 Å². The summed E-state index contributed by atoms with van der Waals surface area (Å²) >= 11 is 1.27. The van der Waals surface area contributed by atoms with Gasteiger partial charge >= 0.3 is 0 Å². The molecule has 0 bridgehead atoms. The van der Waals surface area contributed by atoms with Gasteiger partial charge in [0.05, 0.1) is 17.4 Å². The molecule has 0 aliphatic carbocycles. The number of para-hydroxylation sites is 1. The maximum absolute atomic E-state index is 13.0. The highest BCUT2D eigenvalue weighted by atomic mass is 32.2. The van der Waals surface area contributed by atoms with Gasteiger partial charge in [-0.25, -0.2) is 10.4 Å². The highest BCUT2D eigenvalue weighted by molar-refractivity contribution is 8.14. The number of carbonyl (C=O) groups excluding carboxylic acids is 2. The second-order valence-electron chi connectivity index (χ2n) is 6.55. The van der Waals surface area contributed by atoms with Crippen molar-refractivity contribution in [3.63, 3.8) is 0 Å². The number of rotatable bonds is 5. The van der Waals surface area contributed by atoms with Gasteiger partial charge in [0.15, 0.2) is 5.17 Å². The number of thioether (sulfide) groups is 1. The number of hydrazine groups is 1. The summed E-state index contributed by atoms with van der Waals surface area (Å²) in [5.74, 6) is -0.184. The van der Waals surface area contributed by atoms with E-state index in [-0.39, 0.29) is 29.7 Å². The topological polar surface area (TPSA) is 85.8 Å². The fraction of sp³-hybridized carbons (Fsp3) is 0.250. The van der Waals surface area contributed by atoms with Gasteiger partial charge in [0, 0.05) is 13.1 Å². The Hall–Kier alpha value is -2.68. The molecule has 3 N–H and O–H groups in total. The second kappa shape index (κ2) is 8.55. The zero-order valence-electron chi connectivity index (χ0n) is 15.2. The third kappa shape index (κ3) is 4.09. The maximum atomic E-state index is 13.0. The van der Waals surface area contributed by atoms with Crippen molar-refractivity contribution in [2.45, 2.75) is 12.7 Å². The van der Waals surface area contributed by atoms with E-state index in [0.717, 1.165) is 11.3 Å². The predicted octanol–water partition coefficient (Wildman–Crippen LogP) is 1.49. The molecule has 2 aliphatic heterocycles. The smallest absolute Gasteiger partial charge is 0.241 e. The average Bonchev–Trinajstić information content (AvgIpc) is 3.21. The number of benzene rings is 2. The molecular weight excluding hydrogens is 374 g/mol. The van der Waals surface area contributed by atoms with Crippen molar-refractivity contribution in [3.05, 3.63) is 66.2 Å². The van der Waals surface area contributed by atoms with Gasteiger partial charge in [0.1, 0.15) is 6.17 Å². The van der Waals surface area contributed by atoms with Crippen molar-refractivity contribution < 1.29 is 9.59 Å². The molecule has 2 aromatic rings. The number of amidine groups is 1. The first-order chi connectivity index (χ1) is 13.7. The Morgan fingerprint density at radius 1 is 1.14 bits per heavy atom. The predicted molar refractivity (Wildman–Crippen MR) is 111 cm³/mol. The Morgan fingerprint density at radius 2 is 1.86 bits per heavy atom. The molecule has 144 valence electrons. The highest BCUT2D eigenvalue weighted by Gasteiger charge is 2.42. The van der Waals surface area contributed by atoms with Crippen LogP contribution in [-0.4, -0.2) is 35.4 Å². The monoisotopic (exact) mass is 395 g/mol. The standard InChI is InChI=1S/C20H21N5O2S/c26-17(21-11-14-7-3-1-4-8-14)13-28-20-23-18-16(12-22-24-18)19(27)25(20)15-9-5-2-6-10-15/h1-10,16,18,22,24H,11-13H2,(H,21,26). The Labute approximate surface area is 167 Å². The van der Waals surface area contributed by atoms with Crippen molar-refractivity contribution in [3.8, 4) is 0 Å². The molecule has 2 amide bonds. The molecular formula is C20H21N5O2S. The van der Waals surface area contributed by atoms with Crippen molar-refractivity contribution in [2.24, 2.45) is 10.9 Å². The van der Waals surface area contributed by atoms with Crippen LogP contribution in [0, 0.1) is 5.92 Å². The summed E-state index contributed by atoms with van der Waals surface area (Å²) in [6, 6.07) is 19.2. The van der Waals surface area contributed by atoms with Crippen molar-refractivity contribution in [1.29, 1.82) is 0 Å². The molecule has 0 radical (unpaired) electrons. The Morgan fingerprint density at radius 3 is 2.61 bits per heavy atom. The molecule has 4 rings (SSSR count). The van der Waals surface area contributed by atoms with Gasteiger partial charge in [-0.05, 0) is 17.7 Å². The SMILES string of the molecule is O=C(CSC1=NC2NNCC2C(=O)N1c1ccccc1)NCc1ccccc1. The number of hydrogen-bond acceptors (Lipinski definition) is 6. The molecule has 2 unspecified atom stereocenters. The van der Waals surface area contributed by atoms with Crippen LogP contribution >= 0.6 is 11.8 Å². The fourth-order valence-electron chi connectivity index (χ4n) is 3.16. The quantitative estimate of drug-likeness (QED) is 0.714. The Bertz CT molecular complexity index is 875. The molecule has 0 spiro atoms. The van der Waals surface area contributed by atoms with Crippen molar-refractivity contribution in [1.82, 2.24) is 16.2 Å². The average molecular weight is 395 g/mol. The molecule has 2 heterocycles. The lowest BCUT2D eigenvalue weighted by Gasteiger charge is -2.32. The van der Waals surface area contributed by atoms with E-state index in [2.05, 4.69) is 21.2 Å². The lowest BCUT2D eigenvalue weighted by Crippen LogP contribution is -2.49. The molecule has 1 fully saturated rings. The third-order valence-corrected chi connectivity index (χ3v) is 5.56. The second-order valence-corrected chi connectivity index (χ2v) is 7.49. The normalized spacial score (nSPS) is 21.2. The minimum Gasteiger partial charge on any atom is -0.351 e. The first-order valence-corrected chi connectivity index (χ1v) is 10.1. The van der Waals surface area contributed by atoms with E-state index in [1.54, 1.807) is 4.90 Å². The van der Waals surface area contributed by atoms with Crippen LogP contribution in [0.5, 0.6) is 0 Å². The van der Waals surface area contributed by atoms with E-state index in [9.17, 15) is 9.59 Å². The largest absolute Gasteiger partial charge is 0.351 e. The first kappa shape index (κ1) is 18.7. The number of nitrogens with one attached hydrogen (secondary N) is 3. The van der Waals surface area contributed by atoms with Gasteiger partial charge in [0.2, 0.25) is 11.8 Å². The van der Waals surface area contributed by atoms with E-state index in [0.29, 0.717) is 18.3 Å². The summed E-state index contributed by atoms with van der Waals surface area (Å²) in [4.78, 5) is 31.6. The fourth-order valence-corrected chi connectivity index (χ4v) is 4.04. The number of hydrogen-bond donors (Lipinski definition) is 3. The van der Waals surface area contributed by atoms with Crippen molar-refractivity contribution in [2.75, 3.05) is 17.2 Å². The van der Waals surface area contributed by atoms with E-state index < -0.39 is 0 Å². The number of carbonyl (C=O) groups is 2. The molecule has 7 nitrogen and oxygen atoms in total. The summed E-state index contributed by atoms with van der Waals surface area (Å²) in [6.07, 6.45) is -0.303. The molecule has 0 saturated carbocycles. The minimum atomic E-state index is -0.303. The van der Waals surface area contributed by atoms with E-state index in [1.165, 1.54) is 11.8 Å². The van der Waals surface area contributed by atoms with Gasteiger partial charge in [-0.2, -0.15) is 0 Å². The van der Waals surface area contributed by atoms with Gasteiger partial charge < -0.3 is 5.32 Å². The highest BCUT2D eigenvalue weighted by Crippen LogP contribution is 2.29. The third-order valence-electron chi connectivity index (χ3n) is 4.61. The number of fused-ring (bicyclic) bond motifs is 1. The summed E-state index contributed by atoms with van der Waals surface area (Å²) in [5.41, 5.74) is 7.82. The van der Waals surface area contributed by atoms with Crippen LogP contribution in [0.3, 0.4) is 0 Å². The molecule has 0 aromatic heterocycles. The van der Waals surface area contributed by atoms with E-state index in [4.69, 9.17) is 0 Å². The molecule has 28 heavy (non-hydrogen) atoms. The van der Waals surface area contributed by atoms with Crippen molar-refractivity contribution >= 4 is 34.4 Å². The van der Waals surface area contributed by atoms with Crippen LogP contribution < -0.4 is 21.1 Å². The van der Waals surface area contributed by atoms with Crippen LogP contribution in [0.2, 0.25) is 0 Å². The van der Waals surface area contributed by atoms with Gasteiger partial charge in [-0.3, -0.25) is 19.9 Å². The summed E-state index contributed by atoms with van der Waals surface area (Å²) in [5, 5.41) is 3.44. The van der Waals surface area contributed by atoms with Crippen LogP contribution in [0.1, 0.15) is 5.56 Å². The van der Waals surface area contributed by atoms with Crippen LogP contribution in [-0.2, 0) is 16.1 Å². The van der Waals surface area contributed by atoms with E-state index in [1.807, 2.05) is 60.7 Å². The van der Waals surface area contributed by atoms with Gasteiger partial charge in [-0.1, -0.05) is 60.3 Å². The zero-order chi connectivity index (χ0) is 19.3.